The lowest BCUT2D eigenvalue weighted by molar-refractivity contribution is -0.147. The van der Waals surface area contributed by atoms with Crippen LogP contribution >= 0.6 is 7.82 Å². The molecule has 9 heteroatoms. The van der Waals surface area contributed by atoms with Crippen LogP contribution in [0, 0.1) is 0 Å². The van der Waals surface area contributed by atoms with E-state index in [0.29, 0.717) is 18.6 Å². The molecule has 0 spiro atoms. The number of hydrogen-bond donors (Lipinski definition) is 3. The number of rotatable bonds is 18. The Hall–Kier alpha value is -1.02. The van der Waals surface area contributed by atoms with Gasteiger partial charge in [-0.2, -0.15) is 0 Å². The fraction of sp³-hybridized carbons (Fsp3) is 0.762. The molecule has 0 radical (unpaired) electrons. The third-order valence-electron chi connectivity index (χ3n) is 4.64. The van der Waals surface area contributed by atoms with E-state index >= 15 is 0 Å². The van der Waals surface area contributed by atoms with E-state index in [4.69, 9.17) is 19.3 Å². The Morgan fingerprint density at radius 3 is 2.47 bits per heavy atom. The monoisotopic (exact) mass is 448 g/mol. The van der Waals surface area contributed by atoms with Crippen LogP contribution in [0.1, 0.15) is 71.1 Å². The number of esters is 1. The van der Waals surface area contributed by atoms with Crippen molar-refractivity contribution in [2.75, 3.05) is 13.2 Å². The first kappa shape index (κ1) is 27.0. The van der Waals surface area contributed by atoms with Crippen LogP contribution in [0.25, 0.3) is 0 Å². The zero-order chi connectivity index (χ0) is 22.2. The highest BCUT2D eigenvalue weighted by Gasteiger charge is 2.36. The molecule has 3 atom stereocenters. The quantitative estimate of drug-likeness (QED) is 0.0950. The lowest BCUT2D eigenvalue weighted by Crippen LogP contribution is -2.23. The van der Waals surface area contributed by atoms with Crippen molar-refractivity contribution in [1.82, 2.24) is 0 Å². The molecular weight excluding hydrogens is 411 g/mol. The van der Waals surface area contributed by atoms with Gasteiger partial charge in [0.1, 0.15) is 12.7 Å². The number of aliphatic hydroxyl groups is 1. The Balaban J connectivity index is 1.89. The molecule has 30 heavy (non-hydrogen) atoms. The van der Waals surface area contributed by atoms with E-state index in [9.17, 15) is 14.5 Å². The second kappa shape index (κ2) is 15.7. The molecule has 0 aromatic carbocycles. The van der Waals surface area contributed by atoms with Gasteiger partial charge in [-0.3, -0.25) is 9.32 Å². The summed E-state index contributed by atoms with van der Waals surface area (Å²) in [6, 6.07) is 0. The minimum Gasteiger partial charge on any atom is -0.463 e. The van der Waals surface area contributed by atoms with E-state index in [1.807, 2.05) is 0 Å². The van der Waals surface area contributed by atoms with Crippen molar-refractivity contribution < 1.29 is 38.3 Å². The summed E-state index contributed by atoms with van der Waals surface area (Å²) in [5.41, 5.74) is 0. The summed E-state index contributed by atoms with van der Waals surface area (Å²) in [5.74, 6) is -0.433. The summed E-state index contributed by atoms with van der Waals surface area (Å²) in [7, 11) is -4.63. The molecule has 1 saturated heterocycles. The van der Waals surface area contributed by atoms with Crippen LogP contribution in [0.5, 0.6) is 0 Å². The van der Waals surface area contributed by atoms with Gasteiger partial charge in [0.05, 0.1) is 18.8 Å². The molecular formula is C21H37O8P. The third kappa shape index (κ3) is 15.8. The first-order chi connectivity index (χ1) is 14.3. The smallest absolute Gasteiger partial charge is 0.463 e. The number of carbonyl (C=O) groups excluding carboxylic acids is 1. The van der Waals surface area contributed by atoms with Crippen molar-refractivity contribution in [2.24, 2.45) is 0 Å². The second-order valence-electron chi connectivity index (χ2n) is 7.47. The topological polar surface area (TPSA) is 126 Å². The van der Waals surface area contributed by atoms with Gasteiger partial charge in [-0.15, -0.1) is 0 Å². The van der Waals surface area contributed by atoms with Gasteiger partial charge in [0.2, 0.25) is 0 Å². The predicted molar refractivity (Wildman–Crippen MR) is 114 cm³/mol. The Morgan fingerprint density at radius 1 is 1.03 bits per heavy atom. The van der Waals surface area contributed by atoms with Crippen LogP contribution in [0.2, 0.25) is 0 Å². The highest BCUT2D eigenvalue weighted by molar-refractivity contribution is 7.46. The van der Waals surface area contributed by atoms with Gasteiger partial charge >= 0.3 is 13.8 Å². The molecule has 0 amide bonds. The number of ether oxygens (including phenoxy) is 2. The van der Waals surface area contributed by atoms with Crippen LogP contribution in [-0.2, 0) is 23.4 Å². The van der Waals surface area contributed by atoms with Gasteiger partial charge in [-0.05, 0) is 32.1 Å². The van der Waals surface area contributed by atoms with Crippen molar-refractivity contribution in [3.8, 4) is 0 Å². The number of phosphoric acid groups is 1. The lowest BCUT2D eigenvalue weighted by Gasteiger charge is -2.12. The molecule has 1 heterocycles. The van der Waals surface area contributed by atoms with E-state index in [1.54, 1.807) is 0 Å². The normalized spacial score (nSPS) is 20.1. The molecule has 3 unspecified atom stereocenters. The summed E-state index contributed by atoms with van der Waals surface area (Å²) >= 11 is 0. The van der Waals surface area contributed by atoms with Crippen LogP contribution in [0.15, 0.2) is 24.3 Å². The van der Waals surface area contributed by atoms with Gasteiger partial charge in [0.25, 0.3) is 0 Å². The number of phosphoric ester groups is 1. The first-order valence-corrected chi connectivity index (χ1v) is 12.3. The fourth-order valence-corrected chi connectivity index (χ4v) is 3.31. The van der Waals surface area contributed by atoms with E-state index in [0.717, 1.165) is 51.4 Å². The maximum absolute atomic E-state index is 11.6. The van der Waals surface area contributed by atoms with Crippen molar-refractivity contribution in [3.05, 3.63) is 24.3 Å². The summed E-state index contributed by atoms with van der Waals surface area (Å²) in [4.78, 5) is 28.6. The van der Waals surface area contributed by atoms with E-state index < -0.39 is 26.5 Å². The fourth-order valence-electron chi connectivity index (χ4n) is 2.95. The first-order valence-electron chi connectivity index (χ1n) is 10.8. The molecule has 3 N–H and O–H groups in total. The highest BCUT2D eigenvalue weighted by atomic mass is 31.2. The van der Waals surface area contributed by atoms with Gasteiger partial charge in [0, 0.05) is 6.42 Å². The Bertz CT molecular complexity index is 571. The largest absolute Gasteiger partial charge is 0.469 e. The summed E-state index contributed by atoms with van der Waals surface area (Å²) in [5, 5.41) is 9.43. The van der Waals surface area contributed by atoms with Gasteiger partial charge in [0.15, 0.2) is 0 Å². The summed E-state index contributed by atoms with van der Waals surface area (Å²) < 4.78 is 25.2. The molecule has 1 aliphatic heterocycles. The molecule has 0 aromatic rings. The summed E-state index contributed by atoms with van der Waals surface area (Å²) in [6.07, 6.45) is 17.6. The zero-order valence-electron chi connectivity index (χ0n) is 17.9. The molecule has 0 aromatic heterocycles. The Labute approximate surface area is 179 Å². The van der Waals surface area contributed by atoms with Gasteiger partial charge in [-0.1, -0.05) is 56.9 Å². The zero-order valence-corrected chi connectivity index (χ0v) is 18.8. The number of unbranched alkanes of at least 4 members (excludes halogenated alkanes) is 4. The van der Waals surface area contributed by atoms with E-state index in [1.165, 1.54) is 0 Å². The Kier molecular flexibility index (Phi) is 14.2. The molecule has 0 saturated carbocycles. The molecule has 0 bridgehead atoms. The predicted octanol–water partition coefficient (Wildman–Crippen LogP) is 3.80. The number of carbonyl (C=O) groups is 1. The van der Waals surface area contributed by atoms with Crippen LogP contribution in [-0.4, -0.2) is 52.4 Å². The average molecular weight is 448 g/mol. The van der Waals surface area contributed by atoms with E-state index in [2.05, 4.69) is 35.8 Å². The Morgan fingerprint density at radius 2 is 1.73 bits per heavy atom. The molecule has 174 valence electrons. The maximum atomic E-state index is 11.6. The minimum atomic E-state index is -4.63. The van der Waals surface area contributed by atoms with Crippen molar-refractivity contribution in [1.29, 1.82) is 0 Å². The average Bonchev–Trinajstić information content (AvgIpc) is 3.44. The molecule has 1 fully saturated rings. The van der Waals surface area contributed by atoms with Crippen molar-refractivity contribution >= 4 is 13.8 Å². The van der Waals surface area contributed by atoms with E-state index in [-0.39, 0.29) is 13.0 Å². The van der Waals surface area contributed by atoms with Crippen molar-refractivity contribution in [3.63, 3.8) is 0 Å². The number of allylic oxidation sites excluding steroid dienone is 3. The number of epoxide rings is 1. The standard InChI is InChI=1S/C21H37O8P/c1-2-3-4-5-7-10-13-19-20(29-19)14-11-8-6-9-12-15-21(23)27-16-18(22)17-28-30(24,25)26/h3-4,7,10,18-20,22H,2,5-6,8-9,11-17H2,1H3,(H2,24,25,26)/b4-3-,10-7-. The van der Waals surface area contributed by atoms with Crippen molar-refractivity contribution in [2.45, 2.75) is 89.4 Å². The number of hydrogen-bond acceptors (Lipinski definition) is 6. The van der Waals surface area contributed by atoms with Gasteiger partial charge in [-0.25, -0.2) is 4.57 Å². The highest BCUT2D eigenvalue weighted by Crippen LogP contribution is 2.35. The van der Waals surface area contributed by atoms with Crippen LogP contribution < -0.4 is 0 Å². The molecule has 8 nitrogen and oxygen atoms in total. The van der Waals surface area contributed by atoms with Gasteiger partial charge < -0.3 is 24.4 Å². The van der Waals surface area contributed by atoms with Crippen LogP contribution in [0.4, 0.5) is 0 Å². The minimum absolute atomic E-state index is 0.264. The lowest BCUT2D eigenvalue weighted by atomic mass is 10.1. The molecule has 1 aliphatic rings. The van der Waals surface area contributed by atoms with Crippen LogP contribution in [0.3, 0.4) is 0 Å². The number of aliphatic hydroxyl groups excluding tert-OH is 1. The second-order valence-corrected chi connectivity index (χ2v) is 8.70. The molecule has 1 rings (SSSR count). The maximum Gasteiger partial charge on any atom is 0.469 e. The molecule has 0 aliphatic carbocycles. The SMILES string of the molecule is CC/C=C\C/C=C\CC1OC1CCCCCCCC(=O)OCC(O)COP(=O)(O)O. The third-order valence-corrected chi connectivity index (χ3v) is 5.12. The summed E-state index contributed by atoms with van der Waals surface area (Å²) in [6.45, 7) is 1.20.